The van der Waals surface area contributed by atoms with Crippen LogP contribution in [0.4, 0.5) is 5.69 Å². The lowest BCUT2D eigenvalue weighted by atomic mass is 10.1. The summed E-state index contributed by atoms with van der Waals surface area (Å²) in [5.74, 6) is -0.409. The maximum atomic E-state index is 12.0. The van der Waals surface area contributed by atoms with Gasteiger partial charge in [-0.15, -0.1) is 0 Å². The molecule has 21 heavy (non-hydrogen) atoms. The monoisotopic (exact) mass is 287 g/mol. The van der Waals surface area contributed by atoms with Gasteiger partial charge in [-0.2, -0.15) is 0 Å². The summed E-state index contributed by atoms with van der Waals surface area (Å²) in [7, 11) is 0. The number of anilines is 1. The standard InChI is InChI=1S/C16H17NO4/c1-3-20-11(10-15(18)21-4-2)9-13-12-7-5-6-8-14(12)17-16(13)19/h5-10H,3-4H2,1-2H3,(H,17,19)/b11-10-,13-9+. The molecule has 0 unspecified atom stereocenters. The Balaban J connectivity index is 2.34. The third-order valence-electron chi connectivity index (χ3n) is 2.85. The second-order valence-electron chi connectivity index (χ2n) is 4.29. The van der Waals surface area contributed by atoms with E-state index in [0.717, 1.165) is 11.3 Å². The average molecular weight is 287 g/mol. The molecular formula is C16H17NO4. The molecule has 0 aromatic heterocycles. The lowest BCUT2D eigenvalue weighted by molar-refractivity contribution is -0.137. The molecule has 0 fully saturated rings. The summed E-state index contributed by atoms with van der Waals surface area (Å²) in [4.78, 5) is 23.5. The van der Waals surface area contributed by atoms with Crippen LogP contribution in [-0.4, -0.2) is 25.1 Å². The van der Waals surface area contributed by atoms with Gasteiger partial charge in [-0.3, -0.25) is 4.79 Å². The van der Waals surface area contributed by atoms with Crippen LogP contribution >= 0.6 is 0 Å². The van der Waals surface area contributed by atoms with Crippen molar-refractivity contribution >= 4 is 23.1 Å². The molecule has 1 heterocycles. The maximum absolute atomic E-state index is 12.0. The highest BCUT2D eigenvalue weighted by Crippen LogP contribution is 2.32. The van der Waals surface area contributed by atoms with Crippen molar-refractivity contribution in [3.63, 3.8) is 0 Å². The van der Waals surface area contributed by atoms with Gasteiger partial charge in [-0.1, -0.05) is 18.2 Å². The number of esters is 1. The first kappa shape index (κ1) is 14.8. The summed E-state index contributed by atoms with van der Waals surface area (Å²) in [5, 5.41) is 2.77. The predicted molar refractivity (Wildman–Crippen MR) is 79.4 cm³/mol. The van der Waals surface area contributed by atoms with Gasteiger partial charge in [0, 0.05) is 11.3 Å². The molecule has 0 saturated carbocycles. The zero-order valence-corrected chi connectivity index (χ0v) is 12.0. The van der Waals surface area contributed by atoms with Gasteiger partial charge in [0.2, 0.25) is 0 Å². The normalized spacial score (nSPS) is 15.6. The highest BCUT2D eigenvalue weighted by molar-refractivity contribution is 6.31. The molecule has 1 aliphatic heterocycles. The molecule has 0 atom stereocenters. The van der Waals surface area contributed by atoms with Crippen molar-refractivity contribution in [2.75, 3.05) is 18.5 Å². The van der Waals surface area contributed by atoms with Crippen molar-refractivity contribution in [2.24, 2.45) is 0 Å². The number of nitrogens with one attached hydrogen (secondary N) is 1. The molecular weight excluding hydrogens is 270 g/mol. The predicted octanol–water partition coefficient (Wildman–Crippen LogP) is 2.51. The first-order valence-corrected chi connectivity index (χ1v) is 6.79. The van der Waals surface area contributed by atoms with Crippen LogP contribution in [-0.2, 0) is 19.1 Å². The van der Waals surface area contributed by atoms with Crippen LogP contribution in [0.3, 0.4) is 0 Å². The number of benzene rings is 1. The van der Waals surface area contributed by atoms with Crippen molar-refractivity contribution in [2.45, 2.75) is 13.8 Å². The molecule has 1 amide bonds. The number of ether oxygens (including phenoxy) is 2. The van der Waals surface area contributed by atoms with E-state index in [1.807, 2.05) is 24.3 Å². The Hall–Kier alpha value is -2.56. The fraction of sp³-hybridized carbons (Fsp3) is 0.250. The lowest BCUT2D eigenvalue weighted by Crippen LogP contribution is -2.06. The summed E-state index contributed by atoms with van der Waals surface area (Å²) in [6, 6.07) is 7.36. The first-order valence-electron chi connectivity index (χ1n) is 6.79. The van der Waals surface area contributed by atoms with Crippen LogP contribution in [0, 0.1) is 0 Å². The molecule has 5 heteroatoms. The number of carbonyl (C=O) groups excluding carboxylic acids is 2. The Labute approximate surface area is 123 Å². The number of fused-ring (bicyclic) bond motifs is 1. The molecule has 0 bridgehead atoms. The van der Waals surface area contributed by atoms with E-state index in [1.54, 1.807) is 19.9 Å². The quantitative estimate of drug-likeness (QED) is 0.513. The van der Waals surface area contributed by atoms with Gasteiger partial charge in [0.05, 0.1) is 24.9 Å². The fourth-order valence-electron chi connectivity index (χ4n) is 2.02. The third kappa shape index (κ3) is 3.51. The molecule has 1 aromatic carbocycles. The summed E-state index contributed by atoms with van der Waals surface area (Å²) in [5.41, 5.74) is 2.01. The number of carbonyl (C=O) groups is 2. The molecule has 1 N–H and O–H groups in total. The van der Waals surface area contributed by atoms with Crippen LogP contribution in [0.1, 0.15) is 19.4 Å². The van der Waals surface area contributed by atoms with E-state index in [2.05, 4.69) is 5.32 Å². The van der Waals surface area contributed by atoms with Crippen LogP contribution in [0.5, 0.6) is 0 Å². The van der Waals surface area contributed by atoms with Gasteiger partial charge < -0.3 is 14.8 Å². The molecule has 1 aromatic rings. The number of hydrogen-bond acceptors (Lipinski definition) is 4. The second kappa shape index (κ2) is 6.74. The molecule has 5 nitrogen and oxygen atoms in total. The topological polar surface area (TPSA) is 64.6 Å². The number of allylic oxidation sites excluding steroid dienone is 1. The van der Waals surface area contributed by atoms with Crippen LogP contribution < -0.4 is 5.32 Å². The van der Waals surface area contributed by atoms with E-state index in [4.69, 9.17) is 9.47 Å². The van der Waals surface area contributed by atoms with Gasteiger partial charge in [-0.25, -0.2) is 4.79 Å². The van der Waals surface area contributed by atoms with Crippen molar-refractivity contribution < 1.29 is 19.1 Å². The molecule has 0 saturated heterocycles. The van der Waals surface area contributed by atoms with E-state index in [0.29, 0.717) is 17.9 Å². The van der Waals surface area contributed by atoms with Crippen molar-refractivity contribution in [3.05, 3.63) is 47.7 Å². The highest BCUT2D eigenvalue weighted by atomic mass is 16.5. The molecule has 110 valence electrons. The summed E-state index contributed by atoms with van der Waals surface area (Å²) < 4.78 is 10.2. The minimum absolute atomic E-state index is 0.217. The van der Waals surface area contributed by atoms with E-state index in [1.165, 1.54) is 6.08 Å². The van der Waals surface area contributed by atoms with Crippen molar-refractivity contribution in [3.8, 4) is 0 Å². The van der Waals surface area contributed by atoms with Gasteiger partial charge in [0.25, 0.3) is 5.91 Å². The molecule has 2 rings (SSSR count). The minimum Gasteiger partial charge on any atom is -0.494 e. The third-order valence-corrected chi connectivity index (χ3v) is 2.85. The number of rotatable bonds is 5. The molecule has 1 aliphatic rings. The maximum Gasteiger partial charge on any atom is 0.334 e. The SMILES string of the molecule is CCOC(=O)/C=C(/C=C1/C(=O)Nc2ccccc21)OCC. The van der Waals surface area contributed by atoms with Crippen LogP contribution in [0.25, 0.3) is 5.57 Å². The van der Waals surface area contributed by atoms with Crippen LogP contribution in [0.15, 0.2) is 42.2 Å². The Bertz CT molecular complexity index is 616. The lowest BCUT2D eigenvalue weighted by Gasteiger charge is -2.05. The minimum atomic E-state index is -0.496. The van der Waals surface area contributed by atoms with Gasteiger partial charge in [0.15, 0.2) is 0 Å². The zero-order valence-electron chi connectivity index (χ0n) is 12.0. The van der Waals surface area contributed by atoms with Gasteiger partial charge >= 0.3 is 5.97 Å². The number of hydrogen-bond donors (Lipinski definition) is 1. The Morgan fingerprint density at radius 3 is 2.62 bits per heavy atom. The summed E-state index contributed by atoms with van der Waals surface area (Å²) >= 11 is 0. The van der Waals surface area contributed by atoms with Gasteiger partial charge in [0.1, 0.15) is 5.76 Å². The largest absolute Gasteiger partial charge is 0.494 e. The average Bonchev–Trinajstić information content (AvgIpc) is 2.76. The number of amides is 1. The number of para-hydroxylation sites is 1. The molecule has 0 radical (unpaired) electrons. The smallest absolute Gasteiger partial charge is 0.334 e. The van der Waals surface area contributed by atoms with Crippen LogP contribution in [0.2, 0.25) is 0 Å². The van der Waals surface area contributed by atoms with E-state index < -0.39 is 5.97 Å². The van der Waals surface area contributed by atoms with Crippen molar-refractivity contribution in [1.29, 1.82) is 0 Å². The molecule has 0 aliphatic carbocycles. The Kier molecular flexibility index (Phi) is 4.77. The summed E-state index contributed by atoms with van der Waals surface area (Å²) in [6.45, 7) is 4.21. The fourth-order valence-corrected chi connectivity index (χ4v) is 2.02. The highest BCUT2D eigenvalue weighted by Gasteiger charge is 2.23. The van der Waals surface area contributed by atoms with E-state index >= 15 is 0 Å². The second-order valence-corrected chi connectivity index (χ2v) is 4.29. The Morgan fingerprint density at radius 2 is 1.90 bits per heavy atom. The van der Waals surface area contributed by atoms with E-state index in [9.17, 15) is 9.59 Å². The van der Waals surface area contributed by atoms with Gasteiger partial charge in [-0.05, 0) is 26.0 Å². The Morgan fingerprint density at radius 1 is 1.19 bits per heavy atom. The first-order chi connectivity index (χ1) is 10.2. The van der Waals surface area contributed by atoms with E-state index in [-0.39, 0.29) is 12.5 Å². The zero-order chi connectivity index (χ0) is 15.2. The van der Waals surface area contributed by atoms with Crippen molar-refractivity contribution in [1.82, 2.24) is 0 Å². The summed E-state index contributed by atoms with van der Waals surface area (Å²) in [6.07, 6.45) is 2.80. The molecule has 0 spiro atoms.